The molecule has 2 rings (SSSR count). The molecule has 0 heterocycles. The van der Waals surface area contributed by atoms with Crippen LogP contribution in [0.25, 0.3) is 11.1 Å². The largest absolute Gasteiger partial charge is 0.573 e. The third-order valence-electron chi connectivity index (χ3n) is 3.17. The molecule has 0 saturated carbocycles. The summed E-state index contributed by atoms with van der Waals surface area (Å²) in [5, 5.41) is 10.0. The monoisotopic (exact) mass is 341 g/mol. The number of hydrogen-bond donors (Lipinski definition) is 1. The normalized spacial score (nSPS) is 11.6. The molecular weight excluding hydrogens is 323 g/mol. The zero-order chi connectivity index (χ0) is 17.7. The van der Waals surface area contributed by atoms with Gasteiger partial charge >= 0.3 is 6.36 Å². The van der Waals surface area contributed by atoms with E-state index >= 15 is 0 Å². The number of alkyl halides is 3. The molecule has 0 bridgehead atoms. The summed E-state index contributed by atoms with van der Waals surface area (Å²) in [7, 11) is 3.80. The average molecular weight is 341 g/mol. The van der Waals surface area contributed by atoms with Crippen LogP contribution in [0.2, 0.25) is 0 Å². The average Bonchev–Trinajstić information content (AvgIpc) is 2.48. The summed E-state index contributed by atoms with van der Waals surface area (Å²) in [4.78, 5) is 1.94. The highest BCUT2D eigenvalue weighted by Gasteiger charge is 2.31. The highest BCUT2D eigenvalue weighted by molar-refractivity contribution is 5.76. The maximum Gasteiger partial charge on any atom is 0.573 e. The lowest BCUT2D eigenvalue weighted by Gasteiger charge is -2.16. The third kappa shape index (κ3) is 5.06. The van der Waals surface area contributed by atoms with Crippen LogP contribution in [0.1, 0.15) is 0 Å². The zero-order valence-corrected chi connectivity index (χ0v) is 13.3. The predicted molar refractivity (Wildman–Crippen MR) is 84.3 cm³/mol. The van der Waals surface area contributed by atoms with Crippen molar-refractivity contribution >= 4 is 0 Å². The Hall–Kier alpha value is -2.41. The van der Waals surface area contributed by atoms with Crippen molar-refractivity contribution in [1.29, 1.82) is 0 Å². The maximum absolute atomic E-state index is 12.4. The lowest BCUT2D eigenvalue weighted by Crippen LogP contribution is -2.19. The van der Waals surface area contributed by atoms with Gasteiger partial charge in [-0.2, -0.15) is 0 Å². The van der Waals surface area contributed by atoms with Crippen LogP contribution >= 0.6 is 0 Å². The first kappa shape index (κ1) is 17.9. The fourth-order valence-corrected chi connectivity index (χ4v) is 2.08. The Kier molecular flexibility index (Phi) is 5.56. The van der Waals surface area contributed by atoms with Gasteiger partial charge in [0.25, 0.3) is 0 Å². The van der Waals surface area contributed by atoms with Gasteiger partial charge in [-0.1, -0.05) is 18.2 Å². The van der Waals surface area contributed by atoms with Crippen LogP contribution in [-0.4, -0.2) is 43.6 Å². The lowest BCUT2D eigenvalue weighted by molar-refractivity contribution is -0.274. The summed E-state index contributed by atoms with van der Waals surface area (Å²) in [6, 6.07) is 10.2. The van der Waals surface area contributed by atoms with E-state index in [0.717, 1.165) is 18.2 Å². The van der Waals surface area contributed by atoms with Crippen molar-refractivity contribution < 1.29 is 27.8 Å². The van der Waals surface area contributed by atoms with Gasteiger partial charge in [0, 0.05) is 17.7 Å². The number of nitrogens with zero attached hydrogens (tertiary/aromatic N) is 1. The first-order valence-corrected chi connectivity index (χ1v) is 7.22. The number of phenols is 1. The van der Waals surface area contributed by atoms with Gasteiger partial charge < -0.3 is 19.5 Å². The van der Waals surface area contributed by atoms with Crippen LogP contribution in [0.3, 0.4) is 0 Å². The molecule has 0 aliphatic carbocycles. The van der Waals surface area contributed by atoms with Crippen molar-refractivity contribution in [3.63, 3.8) is 0 Å². The number of benzene rings is 2. The minimum absolute atomic E-state index is 0.159. The van der Waals surface area contributed by atoms with Gasteiger partial charge in [0.2, 0.25) is 0 Å². The van der Waals surface area contributed by atoms with E-state index in [1.54, 1.807) is 24.3 Å². The van der Waals surface area contributed by atoms with E-state index in [2.05, 4.69) is 4.74 Å². The predicted octanol–water partition coefficient (Wildman–Crippen LogP) is 3.90. The molecule has 2 aromatic carbocycles. The number of hydrogen-bond acceptors (Lipinski definition) is 4. The van der Waals surface area contributed by atoms with E-state index in [1.807, 2.05) is 19.0 Å². The first-order valence-electron chi connectivity index (χ1n) is 7.22. The molecule has 0 atom stereocenters. The molecule has 0 spiro atoms. The fourth-order valence-electron chi connectivity index (χ4n) is 2.08. The molecule has 0 fully saturated rings. The Morgan fingerprint density at radius 2 is 1.75 bits per heavy atom. The summed E-state index contributed by atoms with van der Waals surface area (Å²) in [5.41, 5.74) is 0.693. The molecule has 0 aliphatic rings. The summed E-state index contributed by atoms with van der Waals surface area (Å²) >= 11 is 0. The minimum Gasteiger partial charge on any atom is -0.507 e. The van der Waals surface area contributed by atoms with Gasteiger partial charge in [-0.15, -0.1) is 13.2 Å². The number of ether oxygens (including phenoxy) is 2. The molecule has 0 amide bonds. The number of halogens is 3. The van der Waals surface area contributed by atoms with E-state index in [9.17, 15) is 18.3 Å². The molecule has 24 heavy (non-hydrogen) atoms. The molecule has 0 aromatic heterocycles. The van der Waals surface area contributed by atoms with E-state index in [1.165, 1.54) is 0 Å². The number of phenolic OH excluding ortho intramolecular Hbond substituents is 1. The standard InChI is InChI=1S/C17H18F3NO3/c1-21(2)9-10-23-16-6-4-3-5-13(16)14-11-12(7-8-15(14)22)24-17(18,19)20/h3-8,11,22H,9-10H2,1-2H3. The molecule has 0 unspecified atom stereocenters. The molecule has 1 N–H and O–H groups in total. The minimum atomic E-state index is -4.80. The SMILES string of the molecule is CN(C)CCOc1ccccc1-c1cc(OC(F)(F)F)ccc1O. The van der Waals surface area contributed by atoms with Crippen LogP contribution in [0, 0.1) is 0 Å². The van der Waals surface area contributed by atoms with Crippen molar-refractivity contribution in [1.82, 2.24) is 4.90 Å². The van der Waals surface area contributed by atoms with Gasteiger partial charge in [0.05, 0.1) is 0 Å². The second-order valence-electron chi connectivity index (χ2n) is 5.37. The molecule has 4 nitrogen and oxygen atoms in total. The molecule has 7 heteroatoms. The van der Waals surface area contributed by atoms with E-state index in [0.29, 0.717) is 24.5 Å². The Morgan fingerprint density at radius 1 is 1.04 bits per heavy atom. The smallest absolute Gasteiger partial charge is 0.507 e. The van der Waals surface area contributed by atoms with Crippen molar-refractivity contribution in [3.05, 3.63) is 42.5 Å². The molecule has 130 valence electrons. The van der Waals surface area contributed by atoms with Crippen LogP contribution < -0.4 is 9.47 Å². The molecule has 0 saturated heterocycles. The second-order valence-corrected chi connectivity index (χ2v) is 5.37. The molecular formula is C17H18F3NO3. The van der Waals surface area contributed by atoms with Crippen molar-refractivity contribution in [2.45, 2.75) is 6.36 Å². The van der Waals surface area contributed by atoms with E-state index in [-0.39, 0.29) is 11.3 Å². The maximum atomic E-state index is 12.4. The number of para-hydroxylation sites is 1. The quantitative estimate of drug-likeness (QED) is 0.865. The summed E-state index contributed by atoms with van der Waals surface area (Å²) in [6.07, 6.45) is -4.80. The molecule has 0 radical (unpaired) electrons. The van der Waals surface area contributed by atoms with Crippen molar-refractivity contribution in [2.24, 2.45) is 0 Å². The van der Waals surface area contributed by atoms with Gasteiger partial charge in [-0.25, -0.2) is 0 Å². The topological polar surface area (TPSA) is 41.9 Å². The lowest BCUT2D eigenvalue weighted by atomic mass is 10.0. The molecule has 0 aliphatic heterocycles. The van der Waals surface area contributed by atoms with Gasteiger partial charge in [0.15, 0.2) is 0 Å². The fraction of sp³-hybridized carbons (Fsp3) is 0.294. The Bertz CT molecular complexity index is 687. The number of aromatic hydroxyl groups is 1. The third-order valence-corrected chi connectivity index (χ3v) is 3.17. The second kappa shape index (κ2) is 7.44. The zero-order valence-electron chi connectivity index (χ0n) is 13.3. The van der Waals surface area contributed by atoms with Gasteiger partial charge in [-0.3, -0.25) is 0 Å². The van der Waals surface area contributed by atoms with E-state index < -0.39 is 12.1 Å². The number of rotatable bonds is 6. The Labute approximate surface area is 138 Å². The summed E-state index contributed by atoms with van der Waals surface area (Å²) in [5.74, 6) is -0.0922. The first-order chi connectivity index (χ1) is 11.3. The number of likely N-dealkylation sites (N-methyl/N-ethyl adjacent to an activating group) is 1. The van der Waals surface area contributed by atoms with Crippen molar-refractivity contribution in [3.8, 4) is 28.4 Å². The van der Waals surface area contributed by atoms with E-state index in [4.69, 9.17) is 4.74 Å². The van der Waals surface area contributed by atoms with Crippen LogP contribution in [0.5, 0.6) is 17.2 Å². The highest BCUT2D eigenvalue weighted by Crippen LogP contribution is 2.38. The summed E-state index contributed by atoms with van der Waals surface area (Å²) in [6.45, 7) is 1.08. The Morgan fingerprint density at radius 3 is 2.42 bits per heavy atom. The van der Waals surface area contributed by atoms with Crippen LogP contribution in [0.15, 0.2) is 42.5 Å². The van der Waals surface area contributed by atoms with Crippen LogP contribution in [0.4, 0.5) is 13.2 Å². The van der Waals surface area contributed by atoms with Crippen LogP contribution in [-0.2, 0) is 0 Å². The van der Waals surface area contributed by atoms with Gasteiger partial charge in [-0.05, 0) is 38.4 Å². The van der Waals surface area contributed by atoms with Gasteiger partial charge in [0.1, 0.15) is 23.9 Å². The molecule has 2 aromatic rings. The summed E-state index contributed by atoms with van der Waals surface area (Å²) < 4.78 is 46.7. The Balaban J connectivity index is 2.32. The van der Waals surface area contributed by atoms with Crippen molar-refractivity contribution in [2.75, 3.05) is 27.2 Å². The highest BCUT2D eigenvalue weighted by atomic mass is 19.4.